The number of fused-ring (bicyclic) bond motifs is 1. The maximum atomic E-state index is 10.9. The molecule has 0 saturated carbocycles. The lowest BCUT2D eigenvalue weighted by Crippen LogP contribution is -2.17. The lowest BCUT2D eigenvalue weighted by molar-refractivity contribution is -0.137. The first-order chi connectivity index (χ1) is 9.75. The molecule has 1 atom stereocenters. The predicted molar refractivity (Wildman–Crippen MR) is 74.5 cm³/mol. The third-order valence-corrected chi connectivity index (χ3v) is 3.70. The lowest BCUT2D eigenvalue weighted by atomic mass is 10.1. The normalized spacial score (nSPS) is 19.3. The number of carboxylic acid groups (broad SMARTS) is 1. The number of rotatable bonds is 4. The lowest BCUT2D eigenvalue weighted by Gasteiger charge is -2.23. The molecular weight excluding hydrogens is 256 g/mol. The zero-order chi connectivity index (χ0) is 13.9. The van der Waals surface area contributed by atoms with Crippen LogP contribution in [0.4, 0.5) is 0 Å². The summed E-state index contributed by atoms with van der Waals surface area (Å²) in [5, 5.41) is 8.92. The number of nitrogens with zero attached hydrogens (tertiary/aromatic N) is 2. The van der Waals surface area contributed by atoms with Crippen molar-refractivity contribution < 1.29 is 14.6 Å². The Labute approximate surface area is 117 Å². The van der Waals surface area contributed by atoms with Crippen LogP contribution < -0.4 is 0 Å². The molecule has 1 N–H and O–H groups in total. The summed E-state index contributed by atoms with van der Waals surface area (Å²) in [4.78, 5) is 15.5. The summed E-state index contributed by atoms with van der Waals surface area (Å²) in [5.74, 6) is 0.0745. The predicted octanol–water partition coefficient (Wildman–Crippen LogP) is 2.75. The standard InChI is InChI=1S/C15H18N2O3/c18-14(19)8-9-17-12-6-2-1-5-11(12)16-15(17)13-7-3-4-10-20-13/h1-2,5-6,13H,3-4,7-10H2,(H,18,19). The topological polar surface area (TPSA) is 64.3 Å². The van der Waals surface area contributed by atoms with Crippen molar-refractivity contribution in [2.75, 3.05) is 6.61 Å². The smallest absolute Gasteiger partial charge is 0.305 e. The van der Waals surface area contributed by atoms with E-state index in [0.29, 0.717) is 6.54 Å². The van der Waals surface area contributed by atoms with Gasteiger partial charge in [0, 0.05) is 13.2 Å². The molecule has 3 rings (SSSR count). The minimum absolute atomic E-state index is 0.00931. The van der Waals surface area contributed by atoms with Crippen molar-refractivity contribution in [3.8, 4) is 0 Å². The first-order valence-corrected chi connectivity index (χ1v) is 7.04. The number of benzene rings is 1. The number of aliphatic carboxylic acids is 1. The zero-order valence-corrected chi connectivity index (χ0v) is 11.3. The number of para-hydroxylation sites is 2. The van der Waals surface area contributed by atoms with E-state index >= 15 is 0 Å². The Bertz CT molecular complexity index is 615. The van der Waals surface area contributed by atoms with Gasteiger partial charge in [-0.1, -0.05) is 12.1 Å². The number of aryl methyl sites for hydroxylation is 1. The van der Waals surface area contributed by atoms with Gasteiger partial charge in [0.2, 0.25) is 0 Å². The fraction of sp³-hybridized carbons (Fsp3) is 0.467. The largest absolute Gasteiger partial charge is 0.481 e. The highest BCUT2D eigenvalue weighted by Crippen LogP contribution is 2.30. The summed E-state index contributed by atoms with van der Waals surface area (Å²) < 4.78 is 7.81. The number of carboxylic acids is 1. The highest BCUT2D eigenvalue weighted by atomic mass is 16.5. The summed E-state index contributed by atoms with van der Waals surface area (Å²) in [6.07, 6.45) is 3.26. The van der Waals surface area contributed by atoms with E-state index in [1.165, 1.54) is 0 Å². The Morgan fingerprint density at radius 2 is 2.25 bits per heavy atom. The third-order valence-electron chi connectivity index (χ3n) is 3.70. The van der Waals surface area contributed by atoms with E-state index < -0.39 is 5.97 Å². The van der Waals surface area contributed by atoms with Gasteiger partial charge in [-0.15, -0.1) is 0 Å². The zero-order valence-electron chi connectivity index (χ0n) is 11.3. The second-order valence-corrected chi connectivity index (χ2v) is 5.11. The van der Waals surface area contributed by atoms with E-state index in [-0.39, 0.29) is 12.5 Å². The summed E-state index contributed by atoms with van der Waals surface area (Å²) in [6.45, 7) is 1.19. The van der Waals surface area contributed by atoms with Crippen LogP contribution in [0.2, 0.25) is 0 Å². The van der Waals surface area contributed by atoms with Crippen LogP contribution in [0.1, 0.15) is 37.6 Å². The molecule has 1 unspecified atom stereocenters. The molecule has 5 heteroatoms. The molecular formula is C15H18N2O3. The third kappa shape index (κ3) is 2.54. The molecule has 0 spiro atoms. The second-order valence-electron chi connectivity index (χ2n) is 5.11. The van der Waals surface area contributed by atoms with E-state index in [1.807, 2.05) is 28.8 Å². The van der Waals surface area contributed by atoms with Crippen molar-refractivity contribution in [3.05, 3.63) is 30.1 Å². The van der Waals surface area contributed by atoms with Crippen LogP contribution in [-0.4, -0.2) is 27.2 Å². The van der Waals surface area contributed by atoms with E-state index in [0.717, 1.165) is 42.7 Å². The Balaban J connectivity index is 1.99. The van der Waals surface area contributed by atoms with Crippen molar-refractivity contribution in [2.24, 2.45) is 0 Å². The van der Waals surface area contributed by atoms with Crippen molar-refractivity contribution in [1.29, 1.82) is 0 Å². The van der Waals surface area contributed by atoms with Gasteiger partial charge in [-0.25, -0.2) is 4.98 Å². The molecule has 0 radical (unpaired) electrons. The van der Waals surface area contributed by atoms with Crippen LogP contribution in [-0.2, 0) is 16.1 Å². The Morgan fingerprint density at radius 3 is 3.00 bits per heavy atom. The van der Waals surface area contributed by atoms with Crippen LogP contribution in [0.15, 0.2) is 24.3 Å². The molecule has 20 heavy (non-hydrogen) atoms. The molecule has 0 amide bonds. The fourth-order valence-corrected chi connectivity index (χ4v) is 2.73. The van der Waals surface area contributed by atoms with Crippen molar-refractivity contribution in [1.82, 2.24) is 9.55 Å². The van der Waals surface area contributed by atoms with Crippen LogP contribution in [0.25, 0.3) is 11.0 Å². The van der Waals surface area contributed by atoms with Gasteiger partial charge in [0.25, 0.3) is 0 Å². The number of carbonyl (C=O) groups is 1. The second kappa shape index (κ2) is 5.63. The molecule has 5 nitrogen and oxygen atoms in total. The van der Waals surface area contributed by atoms with Gasteiger partial charge in [0.05, 0.1) is 17.5 Å². The first-order valence-electron chi connectivity index (χ1n) is 7.04. The van der Waals surface area contributed by atoms with E-state index in [9.17, 15) is 4.79 Å². The van der Waals surface area contributed by atoms with Gasteiger partial charge in [-0.2, -0.15) is 0 Å². The maximum absolute atomic E-state index is 10.9. The van der Waals surface area contributed by atoms with E-state index in [2.05, 4.69) is 4.98 Å². The van der Waals surface area contributed by atoms with Gasteiger partial charge in [-0.05, 0) is 31.4 Å². The summed E-state index contributed by atoms with van der Waals surface area (Å²) in [6, 6.07) is 7.84. The number of hydrogen-bond acceptors (Lipinski definition) is 3. The summed E-state index contributed by atoms with van der Waals surface area (Å²) in [5.41, 5.74) is 1.89. The first kappa shape index (κ1) is 13.1. The quantitative estimate of drug-likeness (QED) is 0.931. The SMILES string of the molecule is O=C(O)CCn1c(C2CCCCO2)nc2ccccc21. The number of ether oxygens (including phenoxy) is 1. The van der Waals surface area contributed by atoms with Gasteiger partial charge in [-0.3, -0.25) is 4.79 Å². The molecule has 2 aromatic rings. The minimum Gasteiger partial charge on any atom is -0.481 e. The van der Waals surface area contributed by atoms with Crippen molar-refractivity contribution in [2.45, 2.75) is 38.3 Å². The van der Waals surface area contributed by atoms with Crippen LogP contribution in [0.3, 0.4) is 0 Å². The van der Waals surface area contributed by atoms with Crippen molar-refractivity contribution >= 4 is 17.0 Å². The minimum atomic E-state index is -0.793. The van der Waals surface area contributed by atoms with Crippen molar-refractivity contribution in [3.63, 3.8) is 0 Å². The summed E-state index contributed by atoms with van der Waals surface area (Å²) >= 11 is 0. The Morgan fingerprint density at radius 1 is 1.40 bits per heavy atom. The highest BCUT2D eigenvalue weighted by Gasteiger charge is 2.23. The maximum Gasteiger partial charge on any atom is 0.305 e. The molecule has 106 valence electrons. The van der Waals surface area contributed by atoms with E-state index in [4.69, 9.17) is 9.84 Å². The molecule has 1 aliphatic rings. The molecule has 0 bridgehead atoms. The van der Waals surface area contributed by atoms with Crippen LogP contribution in [0, 0.1) is 0 Å². The number of imidazole rings is 1. The average molecular weight is 274 g/mol. The molecule has 1 saturated heterocycles. The van der Waals surface area contributed by atoms with Gasteiger partial charge in [0.15, 0.2) is 0 Å². The van der Waals surface area contributed by atoms with E-state index in [1.54, 1.807) is 0 Å². The number of aromatic nitrogens is 2. The number of hydrogen-bond donors (Lipinski definition) is 1. The Hall–Kier alpha value is -1.88. The van der Waals surface area contributed by atoms with Gasteiger partial charge in [0.1, 0.15) is 11.9 Å². The highest BCUT2D eigenvalue weighted by molar-refractivity contribution is 5.76. The molecule has 1 aromatic carbocycles. The van der Waals surface area contributed by atoms with Crippen LogP contribution >= 0.6 is 0 Å². The van der Waals surface area contributed by atoms with Crippen LogP contribution in [0.5, 0.6) is 0 Å². The fourth-order valence-electron chi connectivity index (χ4n) is 2.73. The van der Waals surface area contributed by atoms with Gasteiger partial charge >= 0.3 is 5.97 Å². The molecule has 2 heterocycles. The molecule has 1 aliphatic heterocycles. The monoisotopic (exact) mass is 274 g/mol. The molecule has 1 aromatic heterocycles. The Kier molecular flexibility index (Phi) is 3.69. The summed E-state index contributed by atoms with van der Waals surface area (Å²) in [7, 11) is 0. The molecule has 0 aliphatic carbocycles. The average Bonchev–Trinajstić information content (AvgIpc) is 2.84. The van der Waals surface area contributed by atoms with Gasteiger partial charge < -0.3 is 14.4 Å². The molecule has 1 fully saturated rings.